The fourth-order valence-electron chi connectivity index (χ4n) is 2.70. The molecule has 2 fully saturated rings. The summed E-state index contributed by atoms with van der Waals surface area (Å²) in [5, 5.41) is 3.96. The number of thioether (sulfide) groups is 1. The van der Waals surface area contributed by atoms with Crippen LogP contribution >= 0.6 is 11.8 Å². The quantitative estimate of drug-likeness (QED) is 0.616. The van der Waals surface area contributed by atoms with Gasteiger partial charge in [0.15, 0.2) is 5.96 Å². The highest BCUT2D eigenvalue weighted by molar-refractivity contribution is 7.99. The Balaban J connectivity index is 1.94. The summed E-state index contributed by atoms with van der Waals surface area (Å²) in [5.74, 6) is 1.02. The number of nitrogens with zero attached hydrogens (tertiary/aromatic N) is 2. The van der Waals surface area contributed by atoms with E-state index in [1.807, 2.05) is 11.8 Å². The molecule has 0 aromatic rings. The summed E-state index contributed by atoms with van der Waals surface area (Å²) >= 11 is 1.85. The molecule has 122 valence electrons. The van der Waals surface area contributed by atoms with E-state index < -0.39 is 0 Å². The van der Waals surface area contributed by atoms with Crippen LogP contribution in [0.1, 0.15) is 26.7 Å². The third-order valence-corrected chi connectivity index (χ3v) is 4.96. The van der Waals surface area contributed by atoms with E-state index in [0.29, 0.717) is 5.25 Å². The number of guanidine groups is 1. The summed E-state index contributed by atoms with van der Waals surface area (Å²) in [6.45, 7) is 9.50. The summed E-state index contributed by atoms with van der Waals surface area (Å²) in [6, 6.07) is 0. The summed E-state index contributed by atoms with van der Waals surface area (Å²) in [7, 11) is 0. The SMILES string of the molecule is CCNC(=NCC(C)SC)N1CCOC(C2CCCO2)C1. The number of hydrogen-bond donors (Lipinski definition) is 1. The molecule has 0 amide bonds. The van der Waals surface area contributed by atoms with E-state index in [1.165, 1.54) is 0 Å². The van der Waals surface area contributed by atoms with Crippen LogP contribution < -0.4 is 5.32 Å². The van der Waals surface area contributed by atoms with Gasteiger partial charge in [0, 0.05) is 31.5 Å². The maximum atomic E-state index is 5.91. The molecule has 0 radical (unpaired) electrons. The summed E-state index contributed by atoms with van der Waals surface area (Å²) < 4.78 is 11.7. The number of hydrogen-bond acceptors (Lipinski definition) is 4. The van der Waals surface area contributed by atoms with Gasteiger partial charge in [0.1, 0.15) is 6.10 Å². The molecule has 3 atom stereocenters. The Kier molecular flexibility index (Phi) is 7.13. The molecule has 1 N–H and O–H groups in total. The van der Waals surface area contributed by atoms with Crippen LogP contribution in [0, 0.1) is 0 Å². The molecule has 3 unspecified atom stereocenters. The van der Waals surface area contributed by atoms with Crippen molar-refractivity contribution in [3.8, 4) is 0 Å². The molecule has 2 aliphatic rings. The molecular weight excluding hydrogens is 286 g/mol. The molecule has 2 aliphatic heterocycles. The van der Waals surface area contributed by atoms with Crippen LogP contribution in [0.2, 0.25) is 0 Å². The van der Waals surface area contributed by atoms with Gasteiger partial charge in [0.05, 0.1) is 19.3 Å². The molecule has 21 heavy (non-hydrogen) atoms. The van der Waals surface area contributed by atoms with Crippen LogP contribution in [-0.2, 0) is 9.47 Å². The zero-order valence-corrected chi connectivity index (χ0v) is 14.3. The maximum absolute atomic E-state index is 5.91. The van der Waals surface area contributed by atoms with Crippen molar-refractivity contribution in [1.29, 1.82) is 0 Å². The van der Waals surface area contributed by atoms with Crippen molar-refractivity contribution < 1.29 is 9.47 Å². The van der Waals surface area contributed by atoms with Gasteiger partial charge in [-0.3, -0.25) is 4.99 Å². The predicted molar refractivity (Wildman–Crippen MR) is 89.2 cm³/mol. The predicted octanol–water partition coefficient (Wildman–Crippen LogP) is 1.58. The molecule has 0 aromatic carbocycles. The average molecular weight is 315 g/mol. The molecule has 2 rings (SSSR count). The average Bonchev–Trinajstić information content (AvgIpc) is 3.05. The van der Waals surface area contributed by atoms with Gasteiger partial charge in [0.2, 0.25) is 0 Å². The topological polar surface area (TPSA) is 46.1 Å². The van der Waals surface area contributed by atoms with E-state index in [1.54, 1.807) is 0 Å². The molecule has 6 heteroatoms. The van der Waals surface area contributed by atoms with Gasteiger partial charge in [-0.25, -0.2) is 0 Å². The van der Waals surface area contributed by atoms with Gasteiger partial charge < -0.3 is 19.7 Å². The van der Waals surface area contributed by atoms with Gasteiger partial charge in [-0.1, -0.05) is 6.92 Å². The van der Waals surface area contributed by atoms with Crippen LogP contribution in [0.5, 0.6) is 0 Å². The Hall–Kier alpha value is -0.460. The van der Waals surface area contributed by atoms with Crippen molar-refractivity contribution in [2.75, 3.05) is 45.6 Å². The summed E-state index contributed by atoms with van der Waals surface area (Å²) in [6.07, 6.45) is 4.86. The first kappa shape index (κ1) is 16.9. The smallest absolute Gasteiger partial charge is 0.194 e. The van der Waals surface area contributed by atoms with Crippen LogP contribution in [0.15, 0.2) is 4.99 Å². The third-order valence-electron chi connectivity index (χ3n) is 4.01. The first-order valence-electron chi connectivity index (χ1n) is 8.03. The van der Waals surface area contributed by atoms with Crippen LogP contribution in [-0.4, -0.2) is 74.0 Å². The number of nitrogens with one attached hydrogen (secondary N) is 1. The zero-order valence-electron chi connectivity index (χ0n) is 13.5. The maximum Gasteiger partial charge on any atom is 0.194 e. The molecule has 5 nitrogen and oxygen atoms in total. The molecule has 0 aromatic heterocycles. The van der Waals surface area contributed by atoms with Crippen LogP contribution in [0.3, 0.4) is 0 Å². The Morgan fingerprint density at radius 3 is 2.86 bits per heavy atom. The van der Waals surface area contributed by atoms with Crippen LogP contribution in [0.25, 0.3) is 0 Å². The standard InChI is InChI=1S/C15H29N3O2S/c1-4-16-15(17-10-12(2)21-3)18-7-9-20-14(11-18)13-6-5-8-19-13/h12-14H,4-11H2,1-3H3,(H,16,17). The van der Waals surface area contributed by atoms with Crippen molar-refractivity contribution in [1.82, 2.24) is 10.2 Å². The van der Waals surface area contributed by atoms with E-state index in [-0.39, 0.29) is 12.2 Å². The number of aliphatic imine (C=N–C) groups is 1. The second-order valence-corrected chi connectivity index (χ2v) is 6.92. The molecule has 0 bridgehead atoms. The Morgan fingerprint density at radius 1 is 1.38 bits per heavy atom. The fourth-order valence-corrected chi connectivity index (χ4v) is 2.93. The number of rotatable bonds is 5. The summed E-state index contributed by atoms with van der Waals surface area (Å²) in [4.78, 5) is 7.11. The molecule has 2 heterocycles. The highest BCUT2D eigenvalue weighted by atomic mass is 32.2. The lowest BCUT2D eigenvalue weighted by molar-refractivity contribution is -0.0817. The van der Waals surface area contributed by atoms with Gasteiger partial charge in [-0.05, 0) is 26.0 Å². The lowest BCUT2D eigenvalue weighted by Crippen LogP contribution is -2.53. The molecule has 0 saturated carbocycles. The van der Waals surface area contributed by atoms with Crippen molar-refractivity contribution in [3.05, 3.63) is 0 Å². The lowest BCUT2D eigenvalue weighted by Gasteiger charge is -2.37. The highest BCUT2D eigenvalue weighted by Gasteiger charge is 2.32. The van der Waals surface area contributed by atoms with Crippen molar-refractivity contribution in [3.63, 3.8) is 0 Å². The fraction of sp³-hybridized carbons (Fsp3) is 0.933. The van der Waals surface area contributed by atoms with E-state index >= 15 is 0 Å². The van der Waals surface area contributed by atoms with Gasteiger partial charge in [0.25, 0.3) is 0 Å². The van der Waals surface area contributed by atoms with Crippen LogP contribution in [0.4, 0.5) is 0 Å². The van der Waals surface area contributed by atoms with Gasteiger partial charge >= 0.3 is 0 Å². The second kappa shape index (κ2) is 8.86. The highest BCUT2D eigenvalue weighted by Crippen LogP contribution is 2.21. The second-order valence-electron chi connectivity index (χ2n) is 5.65. The zero-order chi connectivity index (χ0) is 15.1. The molecular formula is C15H29N3O2S. The number of ether oxygens (including phenoxy) is 2. The van der Waals surface area contributed by atoms with Gasteiger partial charge in [-0.15, -0.1) is 0 Å². The third kappa shape index (κ3) is 5.04. The van der Waals surface area contributed by atoms with E-state index in [2.05, 4.69) is 30.3 Å². The van der Waals surface area contributed by atoms with Crippen molar-refractivity contribution >= 4 is 17.7 Å². The first-order valence-corrected chi connectivity index (χ1v) is 9.32. The largest absolute Gasteiger partial charge is 0.375 e. The van der Waals surface area contributed by atoms with E-state index in [4.69, 9.17) is 14.5 Å². The van der Waals surface area contributed by atoms with E-state index in [0.717, 1.165) is 58.2 Å². The minimum atomic E-state index is 0.183. The van der Waals surface area contributed by atoms with Crippen molar-refractivity contribution in [2.24, 2.45) is 4.99 Å². The Labute approximate surface area is 132 Å². The van der Waals surface area contributed by atoms with E-state index in [9.17, 15) is 0 Å². The summed E-state index contributed by atoms with van der Waals surface area (Å²) in [5.41, 5.74) is 0. The Bertz CT molecular complexity index is 335. The number of morpholine rings is 1. The monoisotopic (exact) mass is 315 g/mol. The molecule has 2 saturated heterocycles. The molecule has 0 spiro atoms. The Morgan fingerprint density at radius 2 is 2.19 bits per heavy atom. The molecule has 0 aliphatic carbocycles. The normalized spacial score (nSPS) is 28.7. The lowest BCUT2D eigenvalue weighted by atomic mass is 10.1. The minimum absolute atomic E-state index is 0.183. The minimum Gasteiger partial charge on any atom is -0.375 e. The van der Waals surface area contributed by atoms with Crippen molar-refractivity contribution in [2.45, 2.75) is 44.1 Å². The van der Waals surface area contributed by atoms with Gasteiger partial charge in [-0.2, -0.15) is 11.8 Å². The first-order chi connectivity index (χ1) is 10.2.